The van der Waals surface area contributed by atoms with Crippen LogP contribution in [-0.2, 0) is 0 Å². The molecule has 0 heterocycles. The van der Waals surface area contributed by atoms with Crippen LogP contribution in [0, 0.1) is 11.6 Å². The van der Waals surface area contributed by atoms with Crippen molar-refractivity contribution >= 4 is 5.69 Å². The Morgan fingerprint density at radius 3 is 2.31 bits per heavy atom. The van der Waals surface area contributed by atoms with Crippen molar-refractivity contribution in [3.8, 4) is 0 Å². The minimum atomic E-state index is -0.563. The molecule has 0 spiro atoms. The Morgan fingerprint density at radius 1 is 1.06 bits per heavy atom. The van der Waals surface area contributed by atoms with E-state index in [2.05, 4.69) is 5.32 Å². The number of hydrogen-bond donors (Lipinski definition) is 2. The van der Waals surface area contributed by atoms with Gasteiger partial charge in [-0.2, -0.15) is 0 Å². The zero-order valence-electron chi connectivity index (χ0n) is 9.05. The van der Waals surface area contributed by atoms with Crippen LogP contribution < -0.4 is 11.1 Å². The van der Waals surface area contributed by atoms with Crippen molar-refractivity contribution in [3.05, 3.63) is 29.8 Å². The summed E-state index contributed by atoms with van der Waals surface area (Å²) < 4.78 is 25.9. The Hall–Kier alpha value is -1.16. The third-order valence-corrected chi connectivity index (χ3v) is 3.03. The molecule has 1 fully saturated rings. The summed E-state index contributed by atoms with van der Waals surface area (Å²) >= 11 is 0. The van der Waals surface area contributed by atoms with Gasteiger partial charge >= 0.3 is 0 Å². The molecular weight excluding hydrogens is 210 g/mol. The lowest BCUT2D eigenvalue weighted by atomic mass is 9.91. The first-order valence-electron chi connectivity index (χ1n) is 5.63. The summed E-state index contributed by atoms with van der Waals surface area (Å²) in [6.07, 6.45) is 4.18. The lowest BCUT2D eigenvalue weighted by Crippen LogP contribution is -2.42. The average Bonchev–Trinajstić information content (AvgIpc) is 2.20. The second-order valence-corrected chi connectivity index (χ2v) is 4.36. The molecule has 0 amide bonds. The van der Waals surface area contributed by atoms with E-state index in [9.17, 15) is 8.78 Å². The SMILES string of the molecule is N[C@@H]1CCCC[C@H]1Nc1cc(F)cc(F)c1. The van der Waals surface area contributed by atoms with Crippen LogP contribution in [0.5, 0.6) is 0 Å². The highest BCUT2D eigenvalue weighted by atomic mass is 19.1. The van der Waals surface area contributed by atoms with Crippen LogP contribution in [0.3, 0.4) is 0 Å². The van der Waals surface area contributed by atoms with Crippen LogP contribution in [0.2, 0.25) is 0 Å². The van der Waals surface area contributed by atoms with Gasteiger partial charge in [-0.1, -0.05) is 12.8 Å². The van der Waals surface area contributed by atoms with E-state index in [0.717, 1.165) is 31.7 Å². The first-order chi connectivity index (χ1) is 7.65. The van der Waals surface area contributed by atoms with Crippen molar-refractivity contribution in [2.75, 3.05) is 5.32 Å². The molecule has 88 valence electrons. The molecule has 2 nitrogen and oxygen atoms in total. The second kappa shape index (κ2) is 4.78. The van der Waals surface area contributed by atoms with Gasteiger partial charge in [-0.25, -0.2) is 8.78 Å². The molecule has 2 atom stereocenters. The van der Waals surface area contributed by atoms with Crippen molar-refractivity contribution in [2.24, 2.45) is 5.73 Å². The van der Waals surface area contributed by atoms with Gasteiger partial charge in [0.1, 0.15) is 11.6 Å². The molecule has 1 aromatic rings. The minimum absolute atomic E-state index is 0.0695. The van der Waals surface area contributed by atoms with Gasteiger partial charge in [0.25, 0.3) is 0 Å². The van der Waals surface area contributed by atoms with Gasteiger partial charge in [0.15, 0.2) is 0 Å². The molecule has 0 radical (unpaired) electrons. The van der Waals surface area contributed by atoms with E-state index < -0.39 is 11.6 Å². The maximum absolute atomic E-state index is 13.0. The number of anilines is 1. The van der Waals surface area contributed by atoms with Crippen LogP contribution in [0.4, 0.5) is 14.5 Å². The highest BCUT2D eigenvalue weighted by Crippen LogP contribution is 2.22. The van der Waals surface area contributed by atoms with E-state index >= 15 is 0 Å². The molecule has 3 N–H and O–H groups in total. The first kappa shape index (κ1) is 11.3. The number of nitrogens with one attached hydrogen (secondary N) is 1. The smallest absolute Gasteiger partial charge is 0.128 e. The lowest BCUT2D eigenvalue weighted by molar-refractivity contribution is 0.404. The Kier molecular flexibility index (Phi) is 3.39. The van der Waals surface area contributed by atoms with Gasteiger partial charge in [-0.05, 0) is 25.0 Å². The molecule has 2 rings (SSSR count). The monoisotopic (exact) mass is 226 g/mol. The normalized spacial score (nSPS) is 25.4. The number of rotatable bonds is 2. The number of benzene rings is 1. The summed E-state index contributed by atoms with van der Waals surface area (Å²) in [4.78, 5) is 0. The zero-order chi connectivity index (χ0) is 11.5. The lowest BCUT2D eigenvalue weighted by Gasteiger charge is -2.30. The van der Waals surface area contributed by atoms with Crippen LogP contribution >= 0.6 is 0 Å². The standard InChI is InChI=1S/C12H16F2N2/c13-8-5-9(14)7-10(6-8)16-12-4-2-1-3-11(12)15/h5-7,11-12,16H,1-4,15H2/t11-,12-/m1/s1. The predicted molar refractivity (Wildman–Crippen MR) is 60.2 cm³/mol. The van der Waals surface area contributed by atoms with E-state index in [0.29, 0.717) is 5.69 Å². The van der Waals surface area contributed by atoms with E-state index in [1.807, 2.05) is 0 Å². The van der Waals surface area contributed by atoms with Gasteiger partial charge in [0, 0.05) is 23.8 Å². The topological polar surface area (TPSA) is 38.0 Å². The van der Waals surface area contributed by atoms with Crippen molar-refractivity contribution in [3.63, 3.8) is 0 Å². The first-order valence-corrected chi connectivity index (χ1v) is 5.63. The number of nitrogens with two attached hydrogens (primary N) is 1. The molecule has 1 aromatic carbocycles. The second-order valence-electron chi connectivity index (χ2n) is 4.36. The maximum atomic E-state index is 13.0. The average molecular weight is 226 g/mol. The summed E-state index contributed by atoms with van der Waals surface area (Å²) in [5, 5.41) is 3.11. The summed E-state index contributed by atoms with van der Waals surface area (Å²) in [5.41, 5.74) is 6.43. The fourth-order valence-corrected chi connectivity index (χ4v) is 2.19. The Labute approximate surface area is 93.8 Å². The molecular formula is C12H16F2N2. The van der Waals surface area contributed by atoms with Crippen molar-refractivity contribution in [1.82, 2.24) is 0 Å². The maximum Gasteiger partial charge on any atom is 0.128 e. The molecule has 0 saturated heterocycles. The van der Waals surface area contributed by atoms with Gasteiger partial charge in [-0.15, -0.1) is 0 Å². The summed E-state index contributed by atoms with van der Waals surface area (Å²) in [7, 11) is 0. The molecule has 1 saturated carbocycles. The van der Waals surface area contributed by atoms with Crippen molar-refractivity contribution < 1.29 is 8.78 Å². The van der Waals surface area contributed by atoms with E-state index in [4.69, 9.17) is 5.73 Å². The highest BCUT2D eigenvalue weighted by Gasteiger charge is 2.21. The number of hydrogen-bond acceptors (Lipinski definition) is 2. The third kappa shape index (κ3) is 2.70. The Morgan fingerprint density at radius 2 is 1.69 bits per heavy atom. The molecule has 0 unspecified atom stereocenters. The highest BCUT2D eigenvalue weighted by molar-refractivity contribution is 5.45. The van der Waals surface area contributed by atoms with Crippen LogP contribution in [0.25, 0.3) is 0 Å². The van der Waals surface area contributed by atoms with E-state index in [1.54, 1.807) is 0 Å². The predicted octanol–water partition coefficient (Wildman–Crippen LogP) is 2.65. The molecule has 16 heavy (non-hydrogen) atoms. The Bertz CT molecular complexity index is 348. The van der Waals surface area contributed by atoms with Gasteiger partial charge < -0.3 is 11.1 Å². The molecule has 1 aliphatic carbocycles. The minimum Gasteiger partial charge on any atom is -0.381 e. The molecule has 0 aliphatic heterocycles. The van der Waals surface area contributed by atoms with Crippen LogP contribution in [0.15, 0.2) is 18.2 Å². The summed E-state index contributed by atoms with van der Waals surface area (Å²) in [6, 6.07) is 3.65. The molecule has 1 aliphatic rings. The van der Waals surface area contributed by atoms with E-state index in [1.165, 1.54) is 12.1 Å². The van der Waals surface area contributed by atoms with Crippen LogP contribution in [0.1, 0.15) is 25.7 Å². The fraction of sp³-hybridized carbons (Fsp3) is 0.500. The zero-order valence-corrected chi connectivity index (χ0v) is 9.05. The Balaban J connectivity index is 2.07. The summed E-state index contributed by atoms with van der Waals surface area (Å²) in [5.74, 6) is -1.13. The van der Waals surface area contributed by atoms with Gasteiger partial charge in [0.2, 0.25) is 0 Å². The molecule has 0 bridgehead atoms. The molecule has 0 aromatic heterocycles. The third-order valence-electron chi connectivity index (χ3n) is 3.03. The quantitative estimate of drug-likeness (QED) is 0.813. The van der Waals surface area contributed by atoms with E-state index in [-0.39, 0.29) is 12.1 Å². The number of halogens is 2. The van der Waals surface area contributed by atoms with Crippen molar-refractivity contribution in [2.45, 2.75) is 37.8 Å². The summed E-state index contributed by atoms with van der Waals surface area (Å²) in [6.45, 7) is 0. The van der Waals surface area contributed by atoms with Gasteiger partial charge in [0.05, 0.1) is 0 Å². The molecule has 4 heteroatoms. The van der Waals surface area contributed by atoms with Crippen LogP contribution in [-0.4, -0.2) is 12.1 Å². The van der Waals surface area contributed by atoms with Crippen molar-refractivity contribution in [1.29, 1.82) is 0 Å². The largest absolute Gasteiger partial charge is 0.381 e. The fourth-order valence-electron chi connectivity index (χ4n) is 2.19. The van der Waals surface area contributed by atoms with Gasteiger partial charge in [-0.3, -0.25) is 0 Å².